The summed E-state index contributed by atoms with van der Waals surface area (Å²) in [7, 11) is 1.66. The van der Waals surface area contributed by atoms with E-state index in [1.807, 2.05) is 0 Å². The molecule has 0 radical (unpaired) electrons. The van der Waals surface area contributed by atoms with Crippen molar-refractivity contribution in [3.05, 3.63) is 0 Å². The maximum atomic E-state index is 11.0. The molecule has 0 bridgehead atoms. The van der Waals surface area contributed by atoms with Gasteiger partial charge in [-0.05, 0) is 20.3 Å². The average molecular weight is 200 g/mol. The molecule has 14 heavy (non-hydrogen) atoms. The highest BCUT2D eigenvalue weighted by molar-refractivity contribution is 5.75. The Bertz CT molecular complexity index is 208. The van der Waals surface area contributed by atoms with E-state index in [9.17, 15) is 4.79 Å². The fourth-order valence-corrected chi connectivity index (χ4v) is 1.65. The SMILES string of the molecule is CNC(=O)CCNC1(C)CCOC1C. The summed E-state index contributed by atoms with van der Waals surface area (Å²) in [6.07, 6.45) is 1.77. The predicted molar refractivity (Wildman–Crippen MR) is 55.1 cm³/mol. The van der Waals surface area contributed by atoms with Gasteiger partial charge in [-0.25, -0.2) is 0 Å². The second kappa shape index (κ2) is 4.75. The summed E-state index contributed by atoms with van der Waals surface area (Å²) in [6.45, 7) is 5.74. The Morgan fingerprint density at radius 3 is 2.86 bits per heavy atom. The molecule has 0 aromatic carbocycles. The highest BCUT2D eigenvalue weighted by atomic mass is 16.5. The zero-order chi connectivity index (χ0) is 10.6. The lowest BCUT2D eigenvalue weighted by atomic mass is 9.94. The van der Waals surface area contributed by atoms with Gasteiger partial charge in [-0.2, -0.15) is 0 Å². The van der Waals surface area contributed by atoms with Gasteiger partial charge < -0.3 is 15.4 Å². The fraction of sp³-hybridized carbons (Fsp3) is 0.900. The number of nitrogens with one attached hydrogen (secondary N) is 2. The van der Waals surface area contributed by atoms with Crippen molar-refractivity contribution >= 4 is 5.91 Å². The van der Waals surface area contributed by atoms with E-state index < -0.39 is 0 Å². The van der Waals surface area contributed by atoms with Crippen molar-refractivity contribution in [1.82, 2.24) is 10.6 Å². The third kappa shape index (κ3) is 2.69. The Morgan fingerprint density at radius 2 is 2.36 bits per heavy atom. The smallest absolute Gasteiger partial charge is 0.221 e. The summed E-state index contributed by atoms with van der Waals surface area (Å²) >= 11 is 0. The Hall–Kier alpha value is -0.610. The molecule has 1 aliphatic rings. The topological polar surface area (TPSA) is 50.4 Å². The van der Waals surface area contributed by atoms with E-state index in [1.165, 1.54) is 0 Å². The van der Waals surface area contributed by atoms with Crippen molar-refractivity contribution in [3.8, 4) is 0 Å². The van der Waals surface area contributed by atoms with Crippen LogP contribution in [0.3, 0.4) is 0 Å². The lowest BCUT2D eigenvalue weighted by molar-refractivity contribution is -0.120. The molecule has 0 spiro atoms. The van der Waals surface area contributed by atoms with Crippen LogP contribution in [0, 0.1) is 0 Å². The van der Waals surface area contributed by atoms with Crippen LogP contribution in [0.5, 0.6) is 0 Å². The van der Waals surface area contributed by atoms with Gasteiger partial charge in [-0.15, -0.1) is 0 Å². The van der Waals surface area contributed by atoms with Crippen molar-refractivity contribution in [2.45, 2.75) is 38.3 Å². The highest BCUT2D eigenvalue weighted by Crippen LogP contribution is 2.24. The number of hydrogen-bond acceptors (Lipinski definition) is 3. The van der Waals surface area contributed by atoms with Gasteiger partial charge >= 0.3 is 0 Å². The van der Waals surface area contributed by atoms with E-state index in [2.05, 4.69) is 24.5 Å². The average Bonchev–Trinajstić information content (AvgIpc) is 2.47. The van der Waals surface area contributed by atoms with E-state index in [0.717, 1.165) is 13.0 Å². The molecule has 1 amide bonds. The summed E-state index contributed by atoms with van der Waals surface area (Å²) in [6, 6.07) is 0. The molecular formula is C10H20N2O2. The zero-order valence-electron chi connectivity index (χ0n) is 9.22. The number of carbonyl (C=O) groups excluding carboxylic acids is 1. The normalized spacial score (nSPS) is 31.8. The first-order valence-electron chi connectivity index (χ1n) is 5.16. The maximum Gasteiger partial charge on any atom is 0.221 e. The molecule has 2 unspecified atom stereocenters. The Labute approximate surface area is 85.4 Å². The number of rotatable bonds is 4. The van der Waals surface area contributed by atoms with Crippen LogP contribution >= 0.6 is 0 Å². The molecule has 0 aromatic rings. The first-order chi connectivity index (χ1) is 6.58. The van der Waals surface area contributed by atoms with E-state index in [-0.39, 0.29) is 17.6 Å². The standard InChI is InChI=1S/C10H20N2O2/c1-8-10(2,5-7-14-8)12-6-4-9(13)11-3/h8,12H,4-7H2,1-3H3,(H,11,13). The van der Waals surface area contributed by atoms with Crippen LogP contribution < -0.4 is 10.6 Å². The fourth-order valence-electron chi connectivity index (χ4n) is 1.65. The second-order valence-corrected chi connectivity index (χ2v) is 4.03. The van der Waals surface area contributed by atoms with Crippen molar-refractivity contribution in [2.75, 3.05) is 20.2 Å². The molecule has 82 valence electrons. The summed E-state index contributed by atoms with van der Waals surface area (Å²) in [5.41, 5.74) is 0.0357. The van der Waals surface area contributed by atoms with Crippen LogP contribution in [0.1, 0.15) is 26.7 Å². The molecule has 2 N–H and O–H groups in total. The summed E-state index contributed by atoms with van der Waals surface area (Å²) in [5.74, 6) is 0.0765. The van der Waals surface area contributed by atoms with E-state index >= 15 is 0 Å². The zero-order valence-corrected chi connectivity index (χ0v) is 9.22. The molecule has 1 fully saturated rings. The van der Waals surface area contributed by atoms with Gasteiger partial charge in [0.2, 0.25) is 5.91 Å². The molecule has 0 aliphatic carbocycles. The summed E-state index contributed by atoms with van der Waals surface area (Å²) in [5, 5.41) is 5.99. The molecule has 4 heteroatoms. The molecule has 1 aliphatic heterocycles. The molecule has 1 saturated heterocycles. The van der Waals surface area contributed by atoms with E-state index in [1.54, 1.807) is 7.05 Å². The van der Waals surface area contributed by atoms with Gasteiger partial charge in [-0.3, -0.25) is 4.79 Å². The Balaban J connectivity index is 2.26. The molecule has 1 heterocycles. The number of ether oxygens (including phenoxy) is 1. The van der Waals surface area contributed by atoms with Gasteiger partial charge in [-0.1, -0.05) is 0 Å². The van der Waals surface area contributed by atoms with Gasteiger partial charge in [0.1, 0.15) is 0 Å². The number of amides is 1. The third-order valence-electron chi connectivity index (χ3n) is 3.05. The minimum Gasteiger partial charge on any atom is -0.377 e. The largest absolute Gasteiger partial charge is 0.377 e. The first kappa shape index (κ1) is 11.5. The monoisotopic (exact) mass is 200 g/mol. The number of carbonyl (C=O) groups is 1. The maximum absolute atomic E-state index is 11.0. The van der Waals surface area contributed by atoms with Crippen molar-refractivity contribution < 1.29 is 9.53 Å². The highest BCUT2D eigenvalue weighted by Gasteiger charge is 2.36. The predicted octanol–water partition coefficient (Wildman–Crippen LogP) is 0.280. The number of hydrogen-bond donors (Lipinski definition) is 2. The minimum absolute atomic E-state index is 0.0357. The van der Waals surface area contributed by atoms with Crippen molar-refractivity contribution in [3.63, 3.8) is 0 Å². The van der Waals surface area contributed by atoms with Crippen LogP contribution in [-0.2, 0) is 9.53 Å². The summed E-state index contributed by atoms with van der Waals surface area (Å²) in [4.78, 5) is 11.0. The van der Waals surface area contributed by atoms with Crippen molar-refractivity contribution in [2.24, 2.45) is 0 Å². The lowest BCUT2D eigenvalue weighted by Gasteiger charge is -2.28. The van der Waals surface area contributed by atoms with E-state index in [4.69, 9.17) is 4.74 Å². The van der Waals surface area contributed by atoms with Crippen molar-refractivity contribution in [1.29, 1.82) is 0 Å². The molecule has 1 rings (SSSR count). The third-order valence-corrected chi connectivity index (χ3v) is 3.05. The van der Waals surface area contributed by atoms with Gasteiger partial charge in [0.25, 0.3) is 0 Å². The van der Waals surface area contributed by atoms with Gasteiger partial charge in [0, 0.05) is 32.2 Å². The molecule has 0 saturated carbocycles. The van der Waals surface area contributed by atoms with Crippen LogP contribution in [0.15, 0.2) is 0 Å². The van der Waals surface area contributed by atoms with Crippen LogP contribution in [0.4, 0.5) is 0 Å². The molecule has 2 atom stereocenters. The second-order valence-electron chi connectivity index (χ2n) is 4.03. The van der Waals surface area contributed by atoms with Gasteiger partial charge in [0.15, 0.2) is 0 Å². The van der Waals surface area contributed by atoms with Crippen LogP contribution in [0.2, 0.25) is 0 Å². The molecular weight excluding hydrogens is 180 g/mol. The van der Waals surface area contributed by atoms with Crippen LogP contribution in [-0.4, -0.2) is 37.7 Å². The van der Waals surface area contributed by atoms with Crippen LogP contribution in [0.25, 0.3) is 0 Å². The summed E-state index contributed by atoms with van der Waals surface area (Å²) < 4.78 is 5.49. The molecule has 4 nitrogen and oxygen atoms in total. The lowest BCUT2D eigenvalue weighted by Crippen LogP contribution is -2.48. The van der Waals surface area contributed by atoms with Gasteiger partial charge in [0.05, 0.1) is 6.10 Å². The quantitative estimate of drug-likeness (QED) is 0.685. The van der Waals surface area contributed by atoms with E-state index in [0.29, 0.717) is 13.0 Å². The minimum atomic E-state index is 0.0357. The first-order valence-corrected chi connectivity index (χ1v) is 5.16. The molecule has 0 aromatic heterocycles. The Kier molecular flexibility index (Phi) is 3.89. The Morgan fingerprint density at radius 1 is 1.64 bits per heavy atom.